The molecular formula is C24H19NO4. The quantitative estimate of drug-likeness (QED) is 0.495. The second-order valence-corrected chi connectivity index (χ2v) is 6.70. The topological polar surface area (TPSA) is 68.5 Å². The number of carbonyl (C=O) groups is 1. The van der Waals surface area contributed by atoms with Crippen LogP contribution in [0.5, 0.6) is 5.75 Å². The van der Waals surface area contributed by atoms with E-state index in [-0.39, 0.29) is 12.5 Å². The van der Waals surface area contributed by atoms with Crippen LogP contribution < -0.4 is 15.7 Å². The van der Waals surface area contributed by atoms with Crippen molar-refractivity contribution in [3.05, 3.63) is 106 Å². The monoisotopic (exact) mass is 385 g/mol. The molecule has 0 saturated heterocycles. The number of fused-ring (bicyclic) bond motifs is 1. The third kappa shape index (κ3) is 4.19. The van der Waals surface area contributed by atoms with Crippen LogP contribution >= 0.6 is 0 Å². The fourth-order valence-corrected chi connectivity index (χ4v) is 3.11. The summed E-state index contributed by atoms with van der Waals surface area (Å²) in [6, 6.07) is 23.3. The molecule has 0 fully saturated rings. The van der Waals surface area contributed by atoms with Crippen molar-refractivity contribution in [3.63, 3.8) is 0 Å². The highest BCUT2D eigenvalue weighted by molar-refractivity contribution is 6.06. The first kappa shape index (κ1) is 18.5. The second-order valence-electron chi connectivity index (χ2n) is 6.70. The van der Waals surface area contributed by atoms with Crippen LogP contribution in [0.3, 0.4) is 0 Å². The largest absolute Gasteiger partial charge is 0.488 e. The first-order valence-corrected chi connectivity index (χ1v) is 9.22. The number of aryl methyl sites for hydroxylation is 1. The number of amides is 1. The number of nitrogens with one attached hydrogen (secondary N) is 1. The first-order chi connectivity index (χ1) is 14.1. The standard InChI is InChI=1S/C24H19NO4/c1-16-11-12-19-17(14-23(26)29-22(19)13-16)15-28-21-10-6-5-9-20(21)24(27)25-18-7-3-2-4-8-18/h2-14H,15H2,1H3,(H,25,27). The van der Waals surface area contributed by atoms with Crippen LogP contribution in [-0.4, -0.2) is 5.91 Å². The Bertz CT molecular complexity index is 1230. The Labute approximate surface area is 167 Å². The molecule has 0 saturated carbocycles. The summed E-state index contributed by atoms with van der Waals surface area (Å²) in [5.41, 5.74) is 2.91. The molecule has 1 aromatic heterocycles. The molecule has 1 amide bonds. The first-order valence-electron chi connectivity index (χ1n) is 9.22. The third-order valence-corrected chi connectivity index (χ3v) is 4.53. The zero-order valence-electron chi connectivity index (χ0n) is 15.8. The molecule has 29 heavy (non-hydrogen) atoms. The minimum Gasteiger partial charge on any atom is -0.488 e. The van der Waals surface area contributed by atoms with Gasteiger partial charge in [-0.15, -0.1) is 0 Å². The molecule has 0 bridgehead atoms. The smallest absolute Gasteiger partial charge is 0.336 e. The van der Waals surface area contributed by atoms with E-state index in [1.54, 1.807) is 24.3 Å². The average molecular weight is 385 g/mol. The van der Waals surface area contributed by atoms with Crippen molar-refractivity contribution in [1.82, 2.24) is 0 Å². The zero-order valence-corrected chi connectivity index (χ0v) is 15.8. The van der Waals surface area contributed by atoms with Crippen molar-refractivity contribution in [2.24, 2.45) is 0 Å². The maximum absolute atomic E-state index is 12.7. The Hall–Kier alpha value is -3.86. The van der Waals surface area contributed by atoms with Gasteiger partial charge in [-0.3, -0.25) is 4.79 Å². The Morgan fingerprint density at radius 1 is 0.966 bits per heavy atom. The Kier molecular flexibility index (Phi) is 5.12. The molecule has 0 aliphatic heterocycles. The highest BCUT2D eigenvalue weighted by atomic mass is 16.5. The predicted molar refractivity (Wildman–Crippen MR) is 112 cm³/mol. The molecule has 5 heteroatoms. The Morgan fingerprint density at radius 2 is 1.72 bits per heavy atom. The molecule has 1 N–H and O–H groups in total. The van der Waals surface area contributed by atoms with E-state index in [1.165, 1.54) is 6.07 Å². The van der Waals surface area contributed by atoms with Gasteiger partial charge in [0, 0.05) is 22.7 Å². The van der Waals surface area contributed by atoms with Gasteiger partial charge in [0.25, 0.3) is 5.91 Å². The van der Waals surface area contributed by atoms with Gasteiger partial charge in [-0.05, 0) is 42.8 Å². The summed E-state index contributed by atoms with van der Waals surface area (Å²) < 4.78 is 11.2. The molecule has 0 aliphatic rings. The number of hydrogen-bond donors (Lipinski definition) is 1. The van der Waals surface area contributed by atoms with E-state index in [2.05, 4.69) is 5.32 Å². The van der Waals surface area contributed by atoms with E-state index in [0.29, 0.717) is 28.1 Å². The lowest BCUT2D eigenvalue weighted by Gasteiger charge is -2.13. The number of ether oxygens (including phenoxy) is 1. The van der Waals surface area contributed by atoms with Gasteiger partial charge in [0.15, 0.2) is 0 Å². The highest BCUT2D eigenvalue weighted by Crippen LogP contribution is 2.23. The maximum atomic E-state index is 12.7. The summed E-state index contributed by atoms with van der Waals surface area (Å²) in [4.78, 5) is 24.6. The van der Waals surface area contributed by atoms with Gasteiger partial charge < -0.3 is 14.5 Å². The summed E-state index contributed by atoms with van der Waals surface area (Å²) in [6.45, 7) is 2.07. The minimum atomic E-state index is -0.434. The lowest BCUT2D eigenvalue weighted by Crippen LogP contribution is -2.14. The van der Waals surface area contributed by atoms with E-state index >= 15 is 0 Å². The van der Waals surface area contributed by atoms with Gasteiger partial charge in [-0.25, -0.2) is 4.79 Å². The maximum Gasteiger partial charge on any atom is 0.336 e. The summed E-state index contributed by atoms with van der Waals surface area (Å²) >= 11 is 0. The van der Waals surface area contributed by atoms with Crippen molar-refractivity contribution in [2.75, 3.05) is 5.32 Å². The predicted octanol–water partition coefficient (Wildman–Crippen LogP) is 4.93. The molecule has 1 heterocycles. The third-order valence-electron chi connectivity index (χ3n) is 4.53. The number of anilines is 1. The second kappa shape index (κ2) is 8.02. The minimum absolute atomic E-state index is 0.140. The molecular weight excluding hydrogens is 366 g/mol. The fraction of sp³-hybridized carbons (Fsp3) is 0.0833. The van der Waals surface area contributed by atoms with Gasteiger partial charge in [-0.1, -0.05) is 42.5 Å². The average Bonchev–Trinajstić information content (AvgIpc) is 2.72. The van der Waals surface area contributed by atoms with Crippen LogP contribution in [-0.2, 0) is 6.61 Å². The molecule has 0 atom stereocenters. The molecule has 0 aliphatic carbocycles. The van der Waals surface area contributed by atoms with E-state index in [0.717, 1.165) is 10.9 Å². The van der Waals surface area contributed by atoms with Crippen molar-refractivity contribution in [1.29, 1.82) is 0 Å². The molecule has 144 valence electrons. The van der Waals surface area contributed by atoms with Gasteiger partial charge in [0.2, 0.25) is 0 Å². The Balaban J connectivity index is 1.59. The summed E-state index contributed by atoms with van der Waals surface area (Å²) in [5, 5.41) is 3.66. The zero-order chi connectivity index (χ0) is 20.2. The van der Waals surface area contributed by atoms with Crippen LogP contribution in [0.2, 0.25) is 0 Å². The molecule has 4 rings (SSSR count). The van der Waals surface area contributed by atoms with Crippen LogP contribution in [0.1, 0.15) is 21.5 Å². The number of carbonyl (C=O) groups excluding carboxylic acids is 1. The van der Waals surface area contributed by atoms with E-state index in [9.17, 15) is 9.59 Å². The van der Waals surface area contributed by atoms with E-state index in [1.807, 2.05) is 55.5 Å². The van der Waals surface area contributed by atoms with Gasteiger partial charge >= 0.3 is 5.63 Å². The lowest BCUT2D eigenvalue weighted by atomic mass is 10.1. The fourth-order valence-electron chi connectivity index (χ4n) is 3.11. The van der Waals surface area contributed by atoms with Gasteiger partial charge in [0.05, 0.1) is 5.56 Å². The molecule has 5 nitrogen and oxygen atoms in total. The summed E-state index contributed by atoms with van der Waals surface area (Å²) in [5.74, 6) is 0.175. The van der Waals surface area contributed by atoms with E-state index in [4.69, 9.17) is 9.15 Å². The summed E-state index contributed by atoms with van der Waals surface area (Å²) in [6.07, 6.45) is 0. The summed E-state index contributed by atoms with van der Waals surface area (Å²) in [7, 11) is 0. The molecule has 0 spiro atoms. The van der Waals surface area contributed by atoms with Crippen molar-refractivity contribution in [2.45, 2.75) is 13.5 Å². The number of rotatable bonds is 5. The van der Waals surface area contributed by atoms with Crippen LogP contribution in [0.4, 0.5) is 5.69 Å². The van der Waals surface area contributed by atoms with Crippen LogP contribution in [0.15, 0.2) is 88.1 Å². The van der Waals surface area contributed by atoms with Crippen LogP contribution in [0, 0.1) is 6.92 Å². The number of benzene rings is 3. The molecule has 0 radical (unpaired) electrons. The van der Waals surface area contributed by atoms with Crippen molar-refractivity contribution in [3.8, 4) is 5.75 Å². The highest BCUT2D eigenvalue weighted by Gasteiger charge is 2.14. The van der Waals surface area contributed by atoms with Crippen molar-refractivity contribution >= 4 is 22.6 Å². The van der Waals surface area contributed by atoms with E-state index < -0.39 is 5.63 Å². The molecule has 0 unspecified atom stereocenters. The van der Waals surface area contributed by atoms with Crippen LogP contribution in [0.25, 0.3) is 11.0 Å². The van der Waals surface area contributed by atoms with Gasteiger partial charge in [0.1, 0.15) is 17.9 Å². The SMILES string of the molecule is Cc1ccc2c(COc3ccccc3C(=O)Nc3ccccc3)cc(=O)oc2c1. The molecule has 4 aromatic rings. The molecule has 3 aromatic carbocycles. The normalized spacial score (nSPS) is 10.7. The lowest BCUT2D eigenvalue weighted by molar-refractivity contribution is 0.102. The number of para-hydroxylation sites is 2. The van der Waals surface area contributed by atoms with Gasteiger partial charge in [-0.2, -0.15) is 0 Å². The Morgan fingerprint density at radius 3 is 2.55 bits per heavy atom. The van der Waals surface area contributed by atoms with Crippen molar-refractivity contribution < 1.29 is 13.9 Å². The number of hydrogen-bond acceptors (Lipinski definition) is 4.